The Morgan fingerprint density at radius 3 is 2.29 bits per heavy atom. The van der Waals surface area contributed by atoms with E-state index in [0.29, 0.717) is 18.7 Å². The van der Waals surface area contributed by atoms with Crippen molar-refractivity contribution in [2.45, 2.75) is 59.5 Å². The molecule has 2 aromatic carbocycles. The van der Waals surface area contributed by atoms with Crippen molar-refractivity contribution < 1.29 is 18.0 Å². The van der Waals surface area contributed by atoms with Crippen molar-refractivity contribution in [3.63, 3.8) is 0 Å². The molecule has 0 spiro atoms. The molecule has 0 saturated carbocycles. The van der Waals surface area contributed by atoms with Gasteiger partial charge in [0.25, 0.3) is 0 Å². The van der Waals surface area contributed by atoms with Crippen LogP contribution in [0.25, 0.3) is 0 Å². The van der Waals surface area contributed by atoms with Crippen molar-refractivity contribution >= 4 is 27.5 Å². The van der Waals surface area contributed by atoms with E-state index < -0.39 is 22.0 Å². The first-order chi connectivity index (χ1) is 16.1. The van der Waals surface area contributed by atoms with Crippen molar-refractivity contribution in [2.24, 2.45) is 0 Å². The Bertz CT molecular complexity index is 1070. The van der Waals surface area contributed by atoms with Crippen LogP contribution in [0, 0.1) is 13.8 Å². The zero-order valence-corrected chi connectivity index (χ0v) is 21.7. The summed E-state index contributed by atoms with van der Waals surface area (Å²) in [6, 6.07) is 14.2. The molecule has 1 unspecified atom stereocenters. The molecular formula is C26H37N3O4S. The SMILES string of the molecule is CCCCNC(=O)C(CC)N(Cc1ccccc1)C(=O)CN(c1cc(C)ccc1C)S(C)(=O)=O. The highest BCUT2D eigenvalue weighted by Gasteiger charge is 2.32. The predicted octanol–water partition coefficient (Wildman–Crippen LogP) is 3.79. The van der Waals surface area contributed by atoms with Gasteiger partial charge in [0.1, 0.15) is 12.6 Å². The number of hydrogen-bond acceptors (Lipinski definition) is 4. The fourth-order valence-electron chi connectivity index (χ4n) is 3.79. The van der Waals surface area contributed by atoms with Gasteiger partial charge < -0.3 is 10.2 Å². The smallest absolute Gasteiger partial charge is 0.244 e. The van der Waals surface area contributed by atoms with Crippen LogP contribution in [0.2, 0.25) is 0 Å². The molecule has 0 fully saturated rings. The summed E-state index contributed by atoms with van der Waals surface area (Å²) in [4.78, 5) is 28.1. The molecule has 0 aromatic heterocycles. The molecule has 7 nitrogen and oxygen atoms in total. The number of nitrogens with zero attached hydrogens (tertiary/aromatic N) is 2. The van der Waals surface area contributed by atoms with Gasteiger partial charge in [0.2, 0.25) is 21.8 Å². The number of amides is 2. The fraction of sp³-hybridized carbons (Fsp3) is 0.462. The number of benzene rings is 2. The average molecular weight is 488 g/mol. The largest absolute Gasteiger partial charge is 0.354 e. The molecule has 8 heteroatoms. The van der Waals surface area contributed by atoms with Crippen LogP contribution >= 0.6 is 0 Å². The van der Waals surface area contributed by atoms with Crippen LogP contribution in [-0.4, -0.2) is 50.5 Å². The van der Waals surface area contributed by atoms with Crippen molar-refractivity contribution in [1.82, 2.24) is 10.2 Å². The second-order valence-electron chi connectivity index (χ2n) is 8.64. The maximum absolute atomic E-state index is 13.6. The lowest BCUT2D eigenvalue weighted by Gasteiger charge is -2.33. The second-order valence-corrected chi connectivity index (χ2v) is 10.5. The van der Waals surface area contributed by atoms with Gasteiger partial charge in [-0.3, -0.25) is 13.9 Å². The highest BCUT2D eigenvalue weighted by atomic mass is 32.2. The molecule has 186 valence electrons. The lowest BCUT2D eigenvalue weighted by Crippen LogP contribution is -2.52. The van der Waals surface area contributed by atoms with Gasteiger partial charge in [0.05, 0.1) is 11.9 Å². The molecular weight excluding hydrogens is 450 g/mol. The van der Waals surface area contributed by atoms with Gasteiger partial charge in [-0.1, -0.05) is 62.7 Å². The minimum atomic E-state index is -3.74. The van der Waals surface area contributed by atoms with Gasteiger partial charge in [0, 0.05) is 13.1 Å². The van der Waals surface area contributed by atoms with Crippen LogP contribution in [0.4, 0.5) is 5.69 Å². The molecule has 0 radical (unpaired) electrons. The highest BCUT2D eigenvalue weighted by Crippen LogP contribution is 2.24. The van der Waals surface area contributed by atoms with Gasteiger partial charge in [0.15, 0.2) is 0 Å². The molecule has 2 amide bonds. The number of carbonyl (C=O) groups excluding carboxylic acids is 2. The van der Waals surface area contributed by atoms with E-state index in [2.05, 4.69) is 5.32 Å². The molecule has 2 aromatic rings. The number of aryl methyl sites for hydroxylation is 2. The summed E-state index contributed by atoms with van der Waals surface area (Å²) in [6.45, 7) is 7.96. The Morgan fingerprint density at radius 1 is 1.03 bits per heavy atom. The van der Waals surface area contributed by atoms with Crippen LogP contribution in [0.3, 0.4) is 0 Å². The van der Waals surface area contributed by atoms with Gasteiger partial charge in [-0.15, -0.1) is 0 Å². The first kappa shape index (κ1) is 27.4. The fourth-order valence-corrected chi connectivity index (χ4v) is 4.69. The predicted molar refractivity (Wildman–Crippen MR) is 137 cm³/mol. The number of sulfonamides is 1. The highest BCUT2D eigenvalue weighted by molar-refractivity contribution is 7.92. The molecule has 0 bridgehead atoms. The van der Waals surface area contributed by atoms with E-state index in [0.717, 1.165) is 40.1 Å². The van der Waals surface area contributed by atoms with E-state index in [1.807, 2.05) is 70.2 Å². The summed E-state index contributed by atoms with van der Waals surface area (Å²) < 4.78 is 26.6. The summed E-state index contributed by atoms with van der Waals surface area (Å²) in [5.41, 5.74) is 2.98. The van der Waals surface area contributed by atoms with Crippen LogP contribution < -0.4 is 9.62 Å². The summed E-state index contributed by atoms with van der Waals surface area (Å²) in [7, 11) is -3.74. The number of nitrogens with one attached hydrogen (secondary N) is 1. The van der Waals surface area contributed by atoms with Crippen LogP contribution in [0.1, 0.15) is 49.8 Å². The number of hydrogen-bond donors (Lipinski definition) is 1. The molecule has 34 heavy (non-hydrogen) atoms. The third-order valence-electron chi connectivity index (χ3n) is 5.72. The average Bonchev–Trinajstić information content (AvgIpc) is 2.79. The van der Waals surface area contributed by atoms with Crippen molar-refractivity contribution in [2.75, 3.05) is 23.7 Å². The Hall–Kier alpha value is -2.87. The van der Waals surface area contributed by atoms with Gasteiger partial charge in [-0.05, 0) is 49.4 Å². The van der Waals surface area contributed by atoms with Gasteiger partial charge in [-0.25, -0.2) is 8.42 Å². The summed E-state index contributed by atoms with van der Waals surface area (Å²) >= 11 is 0. The number of rotatable bonds is 12. The molecule has 0 aliphatic heterocycles. The summed E-state index contributed by atoms with van der Waals surface area (Å²) in [5.74, 6) is -0.648. The monoisotopic (exact) mass is 487 g/mol. The minimum Gasteiger partial charge on any atom is -0.354 e. The second kappa shape index (κ2) is 12.6. The Labute approximate surface area is 204 Å². The minimum absolute atomic E-state index is 0.212. The first-order valence-corrected chi connectivity index (χ1v) is 13.6. The lowest BCUT2D eigenvalue weighted by atomic mass is 10.1. The third kappa shape index (κ3) is 7.58. The van der Waals surface area contributed by atoms with E-state index >= 15 is 0 Å². The van der Waals surface area contributed by atoms with Crippen molar-refractivity contribution in [3.05, 3.63) is 65.2 Å². The summed E-state index contributed by atoms with van der Waals surface area (Å²) in [5, 5.41) is 2.92. The number of unbranched alkanes of at least 4 members (excludes halogenated alkanes) is 1. The molecule has 1 atom stereocenters. The van der Waals surface area contributed by atoms with E-state index in [1.54, 1.807) is 6.07 Å². The third-order valence-corrected chi connectivity index (χ3v) is 6.85. The molecule has 1 N–H and O–H groups in total. The number of carbonyl (C=O) groups is 2. The zero-order chi connectivity index (χ0) is 25.3. The van der Waals surface area contributed by atoms with Gasteiger partial charge in [-0.2, -0.15) is 0 Å². The Morgan fingerprint density at radius 2 is 1.71 bits per heavy atom. The molecule has 0 aliphatic rings. The standard InChI is InChI=1S/C26H37N3O4S/c1-6-8-16-27-26(31)23(7-2)28(18-22-12-10-9-11-13-22)25(30)19-29(34(5,32)33)24-17-20(3)14-15-21(24)4/h9-15,17,23H,6-8,16,18-19H2,1-5H3,(H,27,31). The molecule has 0 aliphatic carbocycles. The van der Waals surface area contributed by atoms with E-state index in [4.69, 9.17) is 0 Å². The first-order valence-electron chi connectivity index (χ1n) is 11.7. The van der Waals surface area contributed by atoms with E-state index in [9.17, 15) is 18.0 Å². The lowest BCUT2D eigenvalue weighted by molar-refractivity contribution is -0.140. The maximum Gasteiger partial charge on any atom is 0.244 e. The van der Waals surface area contributed by atoms with E-state index in [1.165, 1.54) is 4.90 Å². The van der Waals surface area contributed by atoms with Crippen LogP contribution in [-0.2, 0) is 26.2 Å². The Kier molecular flexibility index (Phi) is 10.1. The molecule has 0 heterocycles. The normalized spacial score (nSPS) is 12.1. The van der Waals surface area contributed by atoms with Crippen molar-refractivity contribution in [1.29, 1.82) is 0 Å². The van der Waals surface area contributed by atoms with Crippen LogP contribution in [0.15, 0.2) is 48.5 Å². The van der Waals surface area contributed by atoms with Gasteiger partial charge >= 0.3 is 0 Å². The van der Waals surface area contributed by atoms with Crippen molar-refractivity contribution in [3.8, 4) is 0 Å². The quantitative estimate of drug-likeness (QED) is 0.462. The topological polar surface area (TPSA) is 86.8 Å². The molecule has 2 rings (SSSR count). The summed E-state index contributed by atoms with van der Waals surface area (Å²) in [6.07, 6.45) is 3.31. The molecule has 0 saturated heterocycles. The Balaban J connectivity index is 2.41. The zero-order valence-electron chi connectivity index (χ0n) is 20.9. The number of anilines is 1. The maximum atomic E-state index is 13.6. The van der Waals surface area contributed by atoms with E-state index in [-0.39, 0.29) is 19.0 Å². The van der Waals surface area contributed by atoms with Crippen LogP contribution in [0.5, 0.6) is 0 Å².